The van der Waals surface area contributed by atoms with Crippen molar-refractivity contribution in [2.45, 2.75) is 57.0 Å². The zero-order valence-corrected chi connectivity index (χ0v) is 16.8. The van der Waals surface area contributed by atoms with E-state index >= 15 is 0 Å². The van der Waals surface area contributed by atoms with Gasteiger partial charge < -0.3 is 20.4 Å². The molecule has 8 nitrogen and oxygen atoms in total. The molecule has 1 aliphatic heterocycles. The van der Waals surface area contributed by atoms with Crippen LogP contribution >= 0.6 is 0 Å². The third kappa shape index (κ3) is 4.98. The van der Waals surface area contributed by atoms with Crippen LogP contribution in [-0.2, 0) is 25.6 Å². The molecule has 3 rings (SSSR count). The molecular formula is C22H28N2O6. The van der Waals surface area contributed by atoms with Gasteiger partial charge in [0.15, 0.2) is 0 Å². The molecule has 1 saturated carbocycles. The molecule has 0 radical (unpaired) electrons. The van der Waals surface area contributed by atoms with Gasteiger partial charge in [-0.25, -0.2) is 4.79 Å². The lowest BCUT2D eigenvalue weighted by atomic mass is 9.78. The lowest BCUT2D eigenvalue weighted by Gasteiger charge is -2.31. The van der Waals surface area contributed by atoms with Crippen LogP contribution in [0.1, 0.15) is 44.1 Å². The number of nitrogens with one attached hydrogen (secondary N) is 1. The van der Waals surface area contributed by atoms with Crippen LogP contribution in [0.25, 0.3) is 0 Å². The van der Waals surface area contributed by atoms with Gasteiger partial charge in [0.25, 0.3) is 0 Å². The minimum absolute atomic E-state index is 0.221. The molecule has 2 fully saturated rings. The zero-order chi connectivity index (χ0) is 21.7. The Morgan fingerprint density at radius 1 is 0.933 bits per heavy atom. The molecule has 2 amide bonds. The van der Waals surface area contributed by atoms with E-state index in [2.05, 4.69) is 5.32 Å². The molecule has 8 heteroatoms. The topological polar surface area (TPSA) is 124 Å². The summed E-state index contributed by atoms with van der Waals surface area (Å²) in [7, 11) is 0. The number of likely N-dealkylation sites (tertiary alicyclic amines) is 1. The average Bonchev–Trinajstić information content (AvgIpc) is 3.23. The van der Waals surface area contributed by atoms with E-state index in [1.54, 1.807) is 0 Å². The fourth-order valence-corrected chi connectivity index (χ4v) is 4.56. The monoisotopic (exact) mass is 416 g/mol. The predicted octanol–water partition coefficient (Wildman–Crippen LogP) is 1.68. The van der Waals surface area contributed by atoms with Crippen LogP contribution in [-0.4, -0.2) is 57.5 Å². The summed E-state index contributed by atoms with van der Waals surface area (Å²) in [4.78, 5) is 50.7. The van der Waals surface area contributed by atoms with Crippen LogP contribution < -0.4 is 5.32 Å². The molecular weight excluding hydrogens is 388 g/mol. The van der Waals surface area contributed by atoms with E-state index in [9.17, 15) is 29.4 Å². The first kappa shape index (κ1) is 21.8. The number of hydrogen-bond donors (Lipinski definition) is 3. The van der Waals surface area contributed by atoms with Gasteiger partial charge in [-0.2, -0.15) is 0 Å². The standard InChI is InChI=1S/C22H28N2O6/c25-19(15-9-4-5-10-16(15)21(27)28)23-17(13-14-7-2-1-3-8-14)20(26)24-12-6-11-18(24)22(29)30/h1-3,7-8,15-18H,4-6,9-13H2,(H,23,25)(H,27,28)(H,29,30)/t15-,16+,17+,18+/m1/s1. The Labute approximate surface area is 175 Å². The van der Waals surface area contributed by atoms with Crippen LogP contribution in [0, 0.1) is 11.8 Å². The highest BCUT2D eigenvalue weighted by Crippen LogP contribution is 2.31. The van der Waals surface area contributed by atoms with E-state index in [0.29, 0.717) is 32.2 Å². The molecule has 0 aromatic heterocycles. The number of carbonyl (C=O) groups excluding carboxylic acids is 2. The number of rotatable bonds is 7. The van der Waals surface area contributed by atoms with Gasteiger partial charge in [0.2, 0.25) is 11.8 Å². The van der Waals surface area contributed by atoms with E-state index in [1.165, 1.54) is 4.90 Å². The van der Waals surface area contributed by atoms with Gasteiger partial charge in [0.05, 0.1) is 11.8 Å². The van der Waals surface area contributed by atoms with Crippen molar-refractivity contribution in [3.8, 4) is 0 Å². The normalized spacial score (nSPS) is 24.8. The van der Waals surface area contributed by atoms with Crippen molar-refractivity contribution >= 4 is 23.8 Å². The molecule has 1 aromatic rings. The molecule has 0 unspecified atom stereocenters. The Hall–Kier alpha value is -2.90. The number of hydrogen-bond acceptors (Lipinski definition) is 4. The van der Waals surface area contributed by atoms with Gasteiger partial charge in [-0.05, 0) is 31.2 Å². The second-order valence-electron chi connectivity index (χ2n) is 8.11. The lowest BCUT2D eigenvalue weighted by molar-refractivity contribution is -0.151. The number of carboxylic acid groups (broad SMARTS) is 2. The molecule has 2 aliphatic rings. The van der Waals surface area contributed by atoms with Crippen LogP contribution in [0.3, 0.4) is 0 Å². The molecule has 1 saturated heterocycles. The first-order chi connectivity index (χ1) is 14.4. The number of carboxylic acids is 2. The van der Waals surface area contributed by atoms with Crippen LogP contribution in [0.2, 0.25) is 0 Å². The van der Waals surface area contributed by atoms with Crippen molar-refractivity contribution in [1.82, 2.24) is 10.2 Å². The maximum absolute atomic E-state index is 13.2. The van der Waals surface area contributed by atoms with Crippen molar-refractivity contribution in [3.05, 3.63) is 35.9 Å². The summed E-state index contributed by atoms with van der Waals surface area (Å²) < 4.78 is 0. The number of benzene rings is 1. The summed E-state index contributed by atoms with van der Waals surface area (Å²) in [6, 6.07) is 7.36. The van der Waals surface area contributed by atoms with Gasteiger partial charge in [-0.3, -0.25) is 14.4 Å². The quantitative estimate of drug-likeness (QED) is 0.621. The summed E-state index contributed by atoms with van der Waals surface area (Å²) in [5, 5.41) is 21.7. The highest BCUT2D eigenvalue weighted by atomic mass is 16.4. The van der Waals surface area contributed by atoms with Crippen molar-refractivity contribution < 1.29 is 29.4 Å². The van der Waals surface area contributed by atoms with Crippen molar-refractivity contribution in [3.63, 3.8) is 0 Å². The van der Waals surface area contributed by atoms with Crippen LogP contribution in [0.15, 0.2) is 30.3 Å². The fourth-order valence-electron chi connectivity index (χ4n) is 4.56. The van der Waals surface area contributed by atoms with Crippen molar-refractivity contribution in [2.75, 3.05) is 6.54 Å². The van der Waals surface area contributed by atoms with Gasteiger partial charge in [0, 0.05) is 13.0 Å². The van der Waals surface area contributed by atoms with Gasteiger partial charge in [0.1, 0.15) is 12.1 Å². The van der Waals surface area contributed by atoms with Gasteiger partial charge in [-0.15, -0.1) is 0 Å². The maximum atomic E-state index is 13.2. The van der Waals surface area contributed by atoms with Crippen LogP contribution in [0.5, 0.6) is 0 Å². The minimum atomic E-state index is -1.05. The average molecular weight is 416 g/mol. The van der Waals surface area contributed by atoms with E-state index in [-0.39, 0.29) is 6.42 Å². The van der Waals surface area contributed by atoms with E-state index in [0.717, 1.165) is 18.4 Å². The van der Waals surface area contributed by atoms with Gasteiger partial charge in [-0.1, -0.05) is 43.2 Å². The first-order valence-corrected chi connectivity index (χ1v) is 10.5. The highest BCUT2D eigenvalue weighted by Gasteiger charge is 2.40. The third-order valence-electron chi connectivity index (χ3n) is 6.14. The largest absolute Gasteiger partial charge is 0.481 e. The van der Waals surface area contributed by atoms with Crippen LogP contribution in [0.4, 0.5) is 0 Å². The molecule has 3 N–H and O–H groups in total. The Morgan fingerprint density at radius 2 is 1.60 bits per heavy atom. The molecule has 30 heavy (non-hydrogen) atoms. The summed E-state index contributed by atoms with van der Waals surface area (Å²) in [6.07, 6.45) is 3.65. The molecule has 1 aromatic carbocycles. The molecule has 162 valence electrons. The predicted molar refractivity (Wildman–Crippen MR) is 108 cm³/mol. The number of amides is 2. The van der Waals surface area contributed by atoms with Crippen molar-refractivity contribution in [2.24, 2.45) is 11.8 Å². The van der Waals surface area contributed by atoms with E-state index in [4.69, 9.17) is 0 Å². The summed E-state index contributed by atoms with van der Waals surface area (Å²) in [5.41, 5.74) is 0.834. The Bertz CT molecular complexity index is 796. The molecule has 4 atom stereocenters. The Balaban J connectivity index is 1.80. The molecule has 1 heterocycles. The second kappa shape index (κ2) is 9.73. The minimum Gasteiger partial charge on any atom is -0.481 e. The third-order valence-corrected chi connectivity index (χ3v) is 6.14. The zero-order valence-electron chi connectivity index (χ0n) is 16.8. The Kier molecular flexibility index (Phi) is 7.07. The number of carbonyl (C=O) groups is 4. The fraction of sp³-hybridized carbons (Fsp3) is 0.545. The lowest BCUT2D eigenvalue weighted by Crippen LogP contribution is -2.54. The van der Waals surface area contributed by atoms with E-state index in [1.807, 2.05) is 30.3 Å². The van der Waals surface area contributed by atoms with E-state index < -0.39 is 47.7 Å². The maximum Gasteiger partial charge on any atom is 0.326 e. The number of nitrogens with zero attached hydrogens (tertiary/aromatic N) is 1. The molecule has 0 bridgehead atoms. The molecule has 1 aliphatic carbocycles. The Morgan fingerprint density at radius 3 is 2.23 bits per heavy atom. The molecule has 0 spiro atoms. The van der Waals surface area contributed by atoms with Gasteiger partial charge >= 0.3 is 11.9 Å². The smallest absolute Gasteiger partial charge is 0.326 e. The summed E-state index contributed by atoms with van der Waals surface area (Å²) >= 11 is 0. The SMILES string of the molecule is O=C(O)[C@H]1CCCC[C@H]1C(=O)N[C@@H](Cc1ccccc1)C(=O)N1CCC[C@H]1C(=O)O. The summed E-state index contributed by atoms with van der Waals surface area (Å²) in [5.74, 6) is -4.36. The first-order valence-electron chi connectivity index (χ1n) is 10.5. The number of aliphatic carboxylic acids is 2. The summed E-state index contributed by atoms with van der Waals surface area (Å²) in [6.45, 7) is 0.331. The second-order valence-corrected chi connectivity index (χ2v) is 8.11. The highest BCUT2D eigenvalue weighted by molar-refractivity contribution is 5.92. The van der Waals surface area contributed by atoms with Crippen molar-refractivity contribution in [1.29, 1.82) is 0 Å².